The molecule has 1 N–H and O–H groups in total. The number of anilines is 1. The number of alkyl halides is 3. The Kier molecular flexibility index (Phi) is 4.01. The van der Waals surface area contributed by atoms with Crippen molar-refractivity contribution >= 4 is 11.4 Å². The standard InChI is InChI=1S/C12H9F3N4O2/c13-12(14,15)11-5-9(10(7-18-11)19(20)21)17-6-8-1-3-16-4-2-8/h1-5,7H,6H2,(H,17,18). The third kappa shape index (κ3) is 3.65. The summed E-state index contributed by atoms with van der Waals surface area (Å²) in [5.74, 6) is 0. The van der Waals surface area contributed by atoms with Crippen LogP contribution in [0, 0.1) is 10.1 Å². The number of nitrogens with one attached hydrogen (secondary N) is 1. The Labute approximate surface area is 116 Å². The number of aromatic nitrogens is 2. The van der Waals surface area contributed by atoms with E-state index >= 15 is 0 Å². The van der Waals surface area contributed by atoms with Crippen LogP contribution in [0.2, 0.25) is 0 Å². The smallest absolute Gasteiger partial charge is 0.375 e. The quantitative estimate of drug-likeness (QED) is 0.693. The third-order valence-electron chi connectivity index (χ3n) is 2.60. The SMILES string of the molecule is O=[N+]([O-])c1cnc(C(F)(F)F)cc1NCc1ccncc1. The lowest BCUT2D eigenvalue weighted by Crippen LogP contribution is -2.10. The van der Waals surface area contributed by atoms with Crippen LogP contribution in [0.25, 0.3) is 0 Å². The minimum absolute atomic E-state index is 0.130. The van der Waals surface area contributed by atoms with Gasteiger partial charge in [0.2, 0.25) is 0 Å². The Hall–Kier alpha value is -2.71. The van der Waals surface area contributed by atoms with Crippen molar-refractivity contribution in [1.82, 2.24) is 9.97 Å². The zero-order valence-electron chi connectivity index (χ0n) is 10.5. The molecule has 2 heterocycles. The van der Waals surface area contributed by atoms with Crippen molar-refractivity contribution in [2.75, 3.05) is 5.32 Å². The number of rotatable bonds is 4. The predicted molar refractivity (Wildman–Crippen MR) is 67.5 cm³/mol. The molecular weight excluding hydrogens is 289 g/mol. The van der Waals surface area contributed by atoms with Crippen molar-refractivity contribution in [2.24, 2.45) is 0 Å². The molecule has 21 heavy (non-hydrogen) atoms. The predicted octanol–water partition coefficient (Wildman–Crippen LogP) is 3.02. The van der Waals surface area contributed by atoms with Crippen molar-refractivity contribution in [2.45, 2.75) is 12.7 Å². The number of hydrogen-bond donors (Lipinski definition) is 1. The Morgan fingerprint density at radius 2 is 1.95 bits per heavy atom. The van der Waals surface area contributed by atoms with Crippen LogP contribution in [0.1, 0.15) is 11.3 Å². The van der Waals surface area contributed by atoms with E-state index in [2.05, 4.69) is 15.3 Å². The molecule has 0 unspecified atom stereocenters. The molecule has 2 aromatic heterocycles. The summed E-state index contributed by atoms with van der Waals surface area (Å²) in [7, 11) is 0. The van der Waals surface area contributed by atoms with Crippen LogP contribution in [-0.4, -0.2) is 14.9 Å². The van der Waals surface area contributed by atoms with E-state index in [0.717, 1.165) is 5.56 Å². The van der Waals surface area contributed by atoms with Gasteiger partial charge in [-0.15, -0.1) is 0 Å². The first kappa shape index (κ1) is 14.7. The van der Waals surface area contributed by atoms with Crippen molar-refractivity contribution in [1.29, 1.82) is 0 Å². The van der Waals surface area contributed by atoms with Crippen molar-refractivity contribution < 1.29 is 18.1 Å². The number of hydrogen-bond acceptors (Lipinski definition) is 5. The number of nitro groups is 1. The lowest BCUT2D eigenvalue weighted by Gasteiger charge is -2.10. The van der Waals surface area contributed by atoms with Gasteiger partial charge in [-0.05, 0) is 23.8 Å². The van der Waals surface area contributed by atoms with Gasteiger partial charge in [0.25, 0.3) is 0 Å². The summed E-state index contributed by atoms with van der Waals surface area (Å²) in [5.41, 5.74) is -1.22. The fourth-order valence-corrected chi connectivity index (χ4v) is 1.59. The van der Waals surface area contributed by atoms with Crippen LogP contribution in [0.4, 0.5) is 24.5 Å². The van der Waals surface area contributed by atoms with Gasteiger partial charge < -0.3 is 5.32 Å². The molecule has 0 atom stereocenters. The summed E-state index contributed by atoms with van der Waals surface area (Å²) in [5, 5.41) is 13.4. The highest BCUT2D eigenvalue weighted by molar-refractivity contribution is 5.61. The van der Waals surface area contributed by atoms with E-state index < -0.39 is 22.5 Å². The van der Waals surface area contributed by atoms with Crippen LogP contribution in [0.15, 0.2) is 36.8 Å². The average molecular weight is 298 g/mol. The molecule has 0 radical (unpaired) electrons. The van der Waals surface area contributed by atoms with Gasteiger partial charge in [-0.3, -0.25) is 15.1 Å². The van der Waals surface area contributed by atoms with Gasteiger partial charge in [0.1, 0.15) is 17.6 Å². The average Bonchev–Trinajstić information content (AvgIpc) is 2.45. The minimum atomic E-state index is -4.66. The normalized spacial score (nSPS) is 11.2. The zero-order valence-corrected chi connectivity index (χ0v) is 10.5. The molecule has 9 heteroatoms. The molecule has 0 fully saturated rings. The van der Waals surface area contributed by atoms with Crippen LogP contribution < -0.4 is 5.32 Å². The lowest BCUT2D eigenvalue weighted by molar-refractivity contribution is -0.384. The zero-order chi connectivity index (χ0) is 15.5. The summed E-state index contributed by atoms with van der Waals surface area (Å²) in [6.07, 6.45) is -1.04. The Morgan fingerprint density at radius 1 is 1.29 bits per heavy atom. The molecule has 6 nitrogen and oxygen atoms in total. The van der Waals surface area contributed by atoms with Gasteiger partial charge in [0, 0.05) is 18.9 Å². The summed E-state index contributed by atoms with van der Waals surface area (Å²) in [6.45, 7) is 0.130. The highest BCUT2D eigenvalue weighted by atomic mass is 19.4. The number of pyridine rings is 2. The van der Waals surface area contributed by atoms with E-state index in [1.54, 1.807) is 12.1 Å². The Bertz CT molecular complexity index is 647. The third-order valence-corrected chi connectivity index (χ3v) is 2.60. The lowest BCUT2D eigenvalue weighted by atomic mass is 10.2. The minimum Gasteiger partial charge on any atom is -0.375 e. The Morgan fingerprint density at radius 3 is 2.52 bits per heavy atom. The van der Waals surface area contributed by atoms with Crippen molar-refractivity contribution in [3.05, 3.63) is 58.2 Å². The first-order valence-electron chi connectivity index (χ1n) is 5.72. The molecule has 0 spiro atoms. The van der Waals surface area contributed by atoms with Gasteiger partial charge in [-0.1, -0.05) is 0 Å². The van der Waals surface area contributed by atoms with E-state index in [1.165, 1.54) is 12.4 Å². The van der Waals surface area contributed by atoms with Crippen LogP contribution in [0.3, 0.4) is 0 Å². The maximum absolute atomic E-state index is 12.6. The summed E-state index contributed by atoms with van der Waals surface area (Å²) >= 11 is 0. The van der Waals surface area contributed by atoms with E-state index in [0.29, 0.717) is 12.3 Å². The molecule has 0 saturated heterocycles. The fourth-order valence-electron chi connectivity index (χ4n) is 1.59. The first-order chi connectivity index (χ1) is 9.88. The summed E-state index contributed by atoms with van der Waals surface area (Å²) < 4.78 is 37.8. The monoisotopic (exact) mass is 298 g/mol. The van der Waals surface area contributed by atoms with Gasteiger partial charge in [-0.2, -0.15) is 13.2 Å². The van der Waals surface area contributed by atoms with E-state index in [9.17, 15) is 23.3 Å². The number of halogens is 3. The molecule has 0 bridgehead atoms. The summed E-state index contributed by atoms with van der Waals surface area (Å²) in [6, 6.07) is 3.91. The van der Waals surface area contributed by atoms with E-state index in [4.69, 9.17) is 0 Å². The molecule has 0 saturated carbocycles. The van der Waals surface area contributed by atoms with E-state index in [1.807, 2.05) is 0 Å². The Balaban J connectivity index is 2.29. The molecule has 2 aromatic rings. The molecule has 0 amide bonds. The highest BCUT2D eigenvalue weighted by Gasteiger charge is 2.34. The maximum Gasteiger partial charge on any atom is 0.433 e. The summed E-state index contributed by atoms with van der Waals surface area (Å²) in [4.78, 5) is 16.9. The fraction of sp³-hybridized carbons (Fsp3) is 0.167. The van der Waals surface area contributed by atoms with Gasteiger partial charge in [0.05, 0.1) is 4.92 Å². The maximum atomic E-state index is 12.6. The van der Waals surface area contributed by atoms with Gasteiger partial charge in [-0.25, -0.2) is 4.98 Å². The van der Waals surface area contributed by atoms with Crippen molar-refractivity contribution in [3.8, 4) is 0 Å². The molecule has 0 aliphatic rings. The molecule has 0 aliphatic heterocycles. The topological polar surface area (TPSA) is 81.0 Å². The van der Waals surface area contributed by atoms with Crippen LogP contribution >= 0.6 is 0 Å². The second-order valence-electron chi connectivity index (χ2n) is 4.05. The second kappa shape index (κ2) is 5.73. The number of nitrogens with zero attached hydrogens (tertiary/aromatic N) is 3. The molecule has 0 aliphatic carbocycles. The first-order valence-corrected chi connectivity index (χ1v) is 5.72. The molecule has 2 rings (SSSR count). The molecule has 110 valence electrons. The van der Waals surface area contributed by atoms with Gasteiger partial charge >= 0.3 is 11.9 Å². The second-order valence-corrected chi connectivity index (χ2v) is 4.05. The molecular formula is C12H9F3N4O2. The van der Waals surface area contributed by atoms with Crippen molar-refractivity contribution in [3.63, 3.8) is 0 Å². The highest BCUT2D eigenvalue weighted by Crippen LogP contribution is 2.33. The van der Waals surface area contributed by atoms with Gasteiger partial charge in [0.15, 0.2) is 0 Å². The largest absolute Gasteiger partial charge is 0.433 e. The van der Waals surface area contributed by atoms with Crippen LogP contribution in [0.5, 0.6) is 0 Å². The van der Waals surface area contributed by atoms with Crippen LogP contribution in [-0.2, 0) is 12.7 Å². The molecule has 0 aromatic carbocycles. The van der Waals surface area contributed by atoms with E-state index in [-0.39, 0.29) is 12.2 Å².